The molecule has 1 N–H and O–H groups in total. The molecule has 0 radical (unpaired) electrons. The molecule has 0 aliphatic carbocycles. The lowest BCUT2D eigenvalue weighted by atomic mass is 10.1. The van der Waals surface area contributed by atoms with Gasteiger partial charge in [0.2, 0.25) is 0 Å². The van der Waals surface area contributed by atoms with Crippen LogP contribution in [-0.2, 0) is 0 Å². The number of carbonyl (C=O) groups excluding carboxylic acids is 1. The van der Waals surface area contributed by atoms with E-state index in [4.69, 9.17) is 0 Å². The van der Waals surface area contributed by atoms with Crippen molar-refractivity contribution < 1.29 is 4.79 Å². The number of hydrogen-bond acceptors (Lipinski definition) is 3. The number of para-hydroxylation sites is 1. The van der Waals surface area contributed by atoms with Gasteiger partial charge >= 0.3 is 0 Å². The van der Waals surface area contributed by atoms with Crippen molar-refractivity contribution in [3.8, 4) is 0 Å². The Morgan fingerprint density at radius 2 is 1.95 bits per heavy atom. The smallest absolute Gasteiger partial charge is 0.267 e. The number of nitrogens with zero attached hydrogens (tertiary/aromatic N) is 2. The average molecular weight is 279 g/mol. The number of carbonyl (C=O) groups is 1. The van der Waals surface area contributed by atoms with Crippen molar-refractivity contribution in [1.29, 1.82) is 0 Å². The van der Waals surface area contributed by atoms with E-state index in [0.29, 0.717) is 16.5 Å². The Morgan fingerprint density at radius 3 is 2.76 bits per heavy atom. The zero-order chi connectivity index (χ0) is 14.8. The highest BCUT2D eigenvalue weighted by Gasteiger charge is 2.08. The largest absolute Gasteiger partial charge is 0.280 e. The fraction of sp³-hybridized carbons (Fsp3) is 0.0625. The molecule has 0 bridgehead atoms. The molecule has 3 rings (SSSR count). The number of rotatable bonds is 2. The average Bonchev–Trinajstić information content (AvgIpc) is 2.50. The molecule has 0 aliphatic rings. The van der Waals surface area contributed by atoms with Crippen LogP contribution in [0.5, 0.6) is 0 Å². The second-order valence-electron chi connectivity index (χ2n) is 4.75. The van der Waals surface area contributed by atoms with Gasteiger partial charge in [-0.3, -0.25) is 15.0 Å². The quantitative estimate of drug-likeness (QED) is 0.781. The van der Waals surface area contributed by atoms with Gasteiger partial charge in [0.15, 0.2) is 0 Å². The molecule has 0 saturated heterocycles. The van der Waals surface area contributed by atoms with Gasteiger partial charge in [0, 0.05) is 5.56 Å². The molecule has 2 aromatic carbocycles. The number of hydrogen-bond donors (Lipinski definition) is 1. The van der Waals surface area contributed by atoms with Crippen LogP contribution in [0.25, 0.3) is 10.9 Å². The minimum absolute atomic E-state index is 0.304. The fourth-order valence-electron chi connectivity index (χ4n) is 2.11. The van der Waals surface area contributed by atoms with Gasteiger partial charge in [0.1, 0.15) is 6.33 Å². The predicted octanol–water partition coefficient (Wildman–Crippen LogP) is 2.09. The first kappa shape index (κ1) is 13.1. The normalized spacial score (nSPS) is 10.5. The SMILES string of the molecule is Cc1cccc(C(=O)Nn2cnc3ccccc3c2=O)c1. The Bertz CT molecular complexity index is 884. The number of aryl methyl sites for hydroxylation is 1. The van der Waals surface area contributed by atoms with E-state index in [-0.39, 0.29) is 11.5 Å². The van der Waals surface area contributed by atoms with Crippen molar-refractivity contribution in [1.82, 2.24) is 9.66 Å². The molecule has 0 fully saturated rings. The van der Waals surface area contributed by atoms with E-state index in [2.05, 4.69) is 10.4 Å². The van der Waals surface area contributed by atoms with E-state index in [1.165, 1.54) is 6.33 Å². The lowest BCUT2D eigenvalue weighted by molar-refractivity contribution is 0.101. The Labute approximate surface area is 120 Å². The van der Waals surface area contributed by atoms with E-state index >= 15 is 0 Å². The van der Waals surface area contributed by atoms with Gasteiger partial charge in [-0.1, -0.05) is 29.8 Å². The Morgan fingerprint density at radius 1 is 1.14 bits per heavy atom. The number of amides is 1. The summed E-state index contributed by atoms with van der Waals surface area (Å²) in [6.07, 6.45) is 1.32. The van der Waals surface area contributed by atoms with Gasteiger partial charge in [0.05, 0.1) is 10.9 Å². The molecule has 0 atom stereocenters. The zero-order valence-corrected chi connectivity index (χ0v) is 11.4. The van der Waals surface area contributed by atoms with Gasteiger partial charge in [-0.25, -0.2) is 9.66 Å². The second-order valence-corrected chi connectivity index (χ2v) is 4.75. The Hall–Kier alpha value is -2.95. The molecule has 1 aromatic heterocycles. The number of aromatic nitrogens is 2. The van der Waals surface area contributed by atoms with Gasteiger partial charge in [-0.05, 0) is 31.2 Å². The van der Waals surface area contributed by atoms with Crippen molar-refractivity contribution in [2.75, 3.05) is 5.43 Å². The summed E-state index contributed by atoms with van der Waals surface area (Å²) in [5.74, 6) is -0.349. The van der Waals surface area contributed by atoms with Gasteiger partial charge in [-0.2, -0.15) is 0 Å². The molecule has 0 aliphatic heterocycles. The monoisotopic (exact) mass is 279 g/mol. The third-order valence-corrected chi connectivity index (χ3v) is 3.17. The summed E-state index contributed by atoms with van der Waals surface area (Å²) in [6.45, 7) is 1.90. The topological polar surface area (TPSA) is 64.0 Å². The Balaban J connectivity index is 1.97. The molecule has 5 heteroatoms. The minimum atomic E-state index is -0.349. The van der Waals surface area contributed by atoms with Crippen LogP contribution in [0.4, 0.5) is 0 Å². The summed E-state index contributed by atoms with van der Waals surface area (Å²) >= 11 is 0. The molecule has 0 unspecified atom stereocenters. The van der Waals surface area contributed by atoms with E-state index < -0.39 is 0 Å². The van der Waals surface area contributed by atoms with Crippen LogP contribution in [0.1, 0.15) is 15.9 Å². The second kappa shape index (κ2) is 5.20. The van der Waals surface area contributed by atoms with Gasteiger partial charge < -0.3 is 0 Å². The minimum Gasteiger partial charge on any atom is -0.267 e. The van der Waals surface area contributed by atoms with Crippen LogP contribution >= 0.6 is 0 Å². The molecule has 5 nitrogen and oxygen atoms in total. The van der Waals surface area contributed by atoms with Gasteiger partial charge in [-0.15, -0.1) is 0 Å². The first-order chi connectivity index (χ1) is 10.1. The highest BCUT2D eigenvalue weighted by Crippen LogP contribution is 2.06. The van der Waals surface area contributed by atoms with Crippen molar-refractivity contribution in [3.63, 3.8) is 0 Å². The summed E-state index contributed by atoms with van der Waals surface area (Å²) in [5, 5.41) is 0.463. The molecule has 0 saturated carbocycles. The molecule has 0 spiro atoms. The number of fused-ring (bicyclic) bond motifs is 1. The molecular weight excluding hydrogens is 266 g/mol. The molecule has 104 valence electrons. The van der Waals surface area contributed by atoms with Crippen LogP contribution in [0.3, 0.4) is 0 Å². The van der Waals surface area contributed by atoms with Crippen LogP contribution in [-0.4, -0.2) is 15.6 Å². The first-order valence-electron chi connectivity index (χ1n) is 6.49. The van der Waals surface area contributed by atoms with Gasteiger partial charge in [0.25, 0.3) is 11.5 Å². The summed E-state index contributed by atoms with van der Waals surface area (Å²) in [5.41, 5.74) is 4.32. The van der Waals surface area contributed by atoms with E-state index in [9.17, 15) is 9.59 Å². The maximum Gasteiger partial charge on any atom is 0.280 e. The van der Waals surface area contributed by atoms with Crippen molar-refractivity contribution in [2.45, 2.75) is 6.92 Å². The third-order valence-electron chi connectivity index (χ3n) is 3.17. The predicted molar refractivity (Wildman–Crippen MR) is 80.9 cm³/mol. The summed E-state index contributed by atoms with van der Waals surface area (Å²) < 4.78 is 1.10. The lowest BCUT2D eigenvalue weighted by Crippen LogP contribution is -2.33. The third kappa shape index (κ3) is 2.53. The molecule has 21 heavy (non-hydrogen) atoms. The van der Waals surface area contributed by atoms with E-state index in [1.54, 1.807) is 36.4 Å². The first-order valence-corrected chi connectivity index (χ1v) is 6.49. The number of nitrogens with one attached hydrogen (secondary N) is 1. The van der Waals surface area contributed by atoms with Crippen LogP contribution < -0.4 is 11.0 Å². The Kier molecular flexibility index (Phi) is 3.23. The van der Waals surface area contributed by atoms with Crippen LogP contribution in [0, 0.1) is 6.92 Å². The maximum atomic E-state index is 12.3. The van der Waals surface area contributed by atoms with Crippen molar-refractivity contribution in [2.24, 2.45) is 0 Å². The summed E-state index contributed by atoms with van der Waals surface area (Å²) in [6, 6.07) is 14.2. The number of benzene rings is 2. The highest BCUT2D eigenvalue weighted by molar-refractivity contribution is 6.00. The molecule has 1 amide bonds. The van der Waals surface area contributed by atoms with E-state index in [0.717, 1.165) is 10.2 Å². The molecular formula is C16H13N3O2. The lowest BCUT2D eigenvalue weighted by Gasteiger charge is -2.08. The van der Waals surface area contributed by atoms with Crippen molar-refractivity contribution >= 4 is 16.8 Å². The summed E-state index contributed by atoms with van der Waals surface area (Å²) in [4.78, 5) is 28.6. The molecule has 1 heterocycles. The highest BCUT2D eigenvalue weighted by atomic mass is 16.2. The maximum absolute atomic E-state index is 12.3. The van der Waals surface area contributed by atoms with Crippen LogP contribution in [0.2, 0.25) is 0 Å². The molecule has 3 aromatic rings. The standard InChI is InChI=1S/C16H13N3O2/c1-11-5-4-6-12(9-11)15(20)18-19-10-17-14-8-3-2-7-13(14)16(19)21/h2-10H,1H3,(H,18,20). The fourth-order valence-corrected chi connectivity index (χ4v) is 2.11. The van der Waals surface area contributed by atoms with Crippen molar-refractivity contribution in [3.05, 3.63) is 76.3 Å². The zero-order valence-electron chi connectivity index (χ0n) is 11.4. The van der Waals surface area contributed by atoms with Crippen LogP contribution in [0.15, 0.2) is 59.7 Å². The van der Waals surface area contributed by atoms with E-state index in [1.807, 2.05) is 19.1 Å². The summed E-state index contributed by atoms with van der Waals surface area (Å²) in [7, 11) is 0.